The molecule has 0 fully saturated rings. The maximum absolute atomic E-state index is 2.28. The van der Waals surface area contributed by atoms with E-state index in [1.54, 1.807) is 0 Å². The number of fused-ring (bicyclic) bond motifs is 6. The molecule has 0 spiro atoms. The minimum Gasteiger partial charge on any atom is -0.0616 e. The molecule has 0 unspecified atom stereocenters. The van der Waals surface area contributed by atoms with E-state index in [0.29, 0.717) is 0 Å². The predicted octanol–water partition coefficient (Wildman–Crippen LogP) is 7.70. The van der Waals surface area contributed by atoms with Gasteiger partial charge in [0.1, 0.15) is 9.40 Å². The summed E-state index contributed by atoms with van der Waals surface area (Å²) in [7, 11) is 7.74. The molecule has 0 atom stereocenters. The van der Waals surface area contributed by atoms with Crippen molar-refractivity contribution < 1.29 is 0 Å². The number of rotatable bonds is 0. The zero-order chi connectivity index (χ0) is 14.3. The second kappa shape index (κ2) is 4.09. The van der Waals surface area contributed by atoms with Crippen LogP contribution in [-0.4, -0.2) is 0 Å². The van der Waals surface area contributed by atoms with Gasteiger partial charge in [0.05, 0.1) is 21.5 Å². The molecule has 6 rings (SSSR count). The quantitative estimate of drug-likeness (QED) is 0.149. The highest BCUT2D eigenvalue weighted by Gasteiger charge is 2.31. The molecule has 0 aliphatic carbocycles. The lowest BCUT2D eigenvalue weighted by atomic mass is 9.99. The molecule has 4 heteroatoms. The molecule has 0 radical (unpaired) electrons. The van der Waals surface area contributed by atoms with Crippen LogP contribution in [0.3, 0.4) is 0 Å². The van der Waals surface area contributed by atoms with Crippen LogP contribution in [0.4, 0.5) is 0 Å². The summed E-state index contributed by atoms with van der Waals surface area (Å²) in [4.78, 5) is 0. The minimum atomic E-state index is 1.41. The fraction of sp³-hybridized carbons (Fsp3) is 0. The van der Waals surface area contributed by atoms with E-state index in [2.05, 4.69) is 48.5 Å². The summed E-state index contributed by atoms with van der Waals surface area (Å²) in [6.45, 7) is 0. The van der Waals surface area contributed by atoms with E-state index < -0.39 is 0 Å². The Labute approximate surface area is 140 Å². The predicted molar refractivity (Wildman–Crippen MR) is 105 cm³/mol. The Bertz CT molecular complexity index is 1120. The van der Waals surface area contributed by atoms with Crippen molar-refractivity contribution in [1.29, 1.82) is 0 Å². The lowest BCUT2D eigenvalue weighted by Gasteiger charge is -2.00. The van der Waals surface area contributed by atoms with Gasteiger partial charge in [-0.3, -0.25) is 0 Å². The average molecular weight is 353 g/mol. The van der Waals surface area contributed by atoms with E-state index >= 15 is 0 Å². The van der Waals surface area contributed by atoms with Gasteiger partial charge in [-0.05, 0) is 12.1 Å². The Morgan fingerprint density at radius 1 is 0.545 bits per heavy atom. The minimum absolute atomic E-state index is 1.41. The Morgan fingerprint density at radius 2 is 0.955 bits per heavy atom. The topological polar surface area (TPSA) is 0 Å². The molecular formula is C18H8S4+2. The normalized spacial score (nSPS) is 12.5. The Morgan fingerprint density at radius 3 is 1.41 bits per heavy atom. The summed E-state index contributed by atoms with van der Waals surface area (Å²) in [6.07, 6.45) is 0. The SMILES string of the molecule is c1ccc2c(c1)c1s[s+]c3c4ccccc4c4s[s+]c2c4c13. The van der Waals surface area contributed by atoms with Crippen molar-refractivity contribution in [2.45, 2.75) is 0 Å². The summed E-state index contributed by atoms with van der Waals surface area (Å²) < 4.78 is 5.85. The van der Waals surface area contributed by atoms with Gasteiger partial charge in [-0.25, -0.2) is 0 Å². The lowest BCUT2D eigenvalue weighted by Crippen LogP contribution is -1.80. The Kier molecular flexibility index (Phi) is 2.23. The standard InChI is InChI=1S/C18H8S4/c1-2-6-10-9(5-1)15-13-14-16(10)20-22-18(14)12-8-4-3-7-11(12)17(13)21-19-15/h1-8H/q+2. The molecule has 0 aliphatic rings. The third-order valence-corrected chi connectivity index (χ3v) is 9.44. The highest BCUT2D eigenvalue weighted by atomic mass is 32.9. The molecule has 0 bridgehead atoms. The first-order valence-corrected chi connectivity index (χ1v) is 11.4. The second-order valence-corrected chi connectivity index (χ2v) is 9.79. The van der Waals surface area contributed by atoms with Crippen molar-refractivity contribution in [2.75, 3.05) is 0 Å². The van der Waals surface area contributed by atoms with Crippen molar-refractivity contribution in [3.05, 3.63) is 48.5 Å². The smallest absolute Gasteiger partial charge is 0.0616 e. The highest BCUT2D eigenvalue weighted by Crippen LogP contribution is 2.52. The number of hydrogen-bond acceptors (Lipinski definition) is 2. The average Bonchev–Trinajstić information content (AvgIpc) is 3.19. The van der Waals surface area contributed by atoms with Gasteiger partial charge in [-0.15, -0.1) is 0 Å². The summed E-state index contributed by atoms with van der Waals surface area (Å²) in [6, 6.07) is 17.8. The zero-order valence-electron chi connectivity index (χ0n) is 11.3. The van der Waals surface area contributed by atoms with Gasteiger partial charge in [0.25, 0.3) is 9.40 Å². The van der Waals surface area contributed by atoms with Crippen LogP contribution in [0.15, 0.2) is 48.5 Å². The first-order chi connectivity index (χ1) is 10.9. The maximum Gasteiger partial charge on any atom is 0.301 e. The van der Waals surface area contributed by atoms with Gasteiger partial charge < -0.3 is 0 Å². The fourth-order valence-electron chi connectivity index (χ4n) is 3.47. The van der Waals surface area contributed by atoms with Gasteiger partial charge in [0.2, 0.25) is 0 Å². The Balaban J connectivity index is 2.15. The van der Waals surface area contributed by atoms with Crippen molar-refractivity contribution in [3.63, 3.8) is 0 Å². The third-order valence-electron chi connectivity index (χ3n) is 4.41. The largest absolute Gasteiger partial charge is 0.301 e. The van der Waals surface area contributed by atoms with E-state index in [1.807, 2.05) is 41.4 Å². The second-order valence-electron chi connectivity index (χ2n) is 5.49. The lowest BCUT2D eigenvalue weighted by molar-refractivity contribution is 1.85. The van der Waals surface area contributed by atoms with Crippen LogP contribution in [0.2, 0.25) is 0 Å². The van der Waals surface area contributed by atoms with Crippen molar-refractivity contribution in [3.8, 4) is 0 Å². The van der Waals surface area contributed by atoms with Crippen LogP contribution in [0, 0.1) is 0 Å². The molecule has 22 heavy (non-hydrogen) atoms. The van der Waals surface area contributed by atoms with Gasteiger partial charge in [0.15, 0.2) is 20.7 Å². The van der Waals surface area contributed by atoms with Crippen LogP contribution in [0.1, 0.15) is 0 Å². The number of hydrogen-bond donors (Lipinski definition) is 0. The molecule has 2 aromatic heterocycles. The molecule has 0 saturated heterocycles. The van der Waals surface area contributed by atoms with Gasteiger partial charge in [0, 0.05) is 10.8 Å². The van der Waals surface area contributed by atoms with Gasteiger partial charge >= 0.3 is 20.7 Å². The highest BCUT2D eigenvalue weighted by molar-refractivity contribution is 7.77. The van der Waals surface area contributed by atoms with E-state index in [1.165, 1.54) is 51.1 Å². The molecule has 0 aliphatic heterocycles. The van der Waals surface area contributed by atoms with E-state index in [-0.39, 0.29) is 0 Å². The van der Waals surface area contributed by atoms with Crippen LogP contribution >= 0.6 is 41.4 Å². The summed E-state index contributed by atoms with van der Waals surface area (Å²) in [5, 5.41) is 8.65. The third kappa shape index (κ3) is 1.29. The molecule has 2 heterocycles. The summed E-state index contributed by atoms with van der Waals surface area (Å²) in [5.41, 5.74) is 0. The molecule has 6 aromatic rings. The molecule has 4 aromatic carbocycles. The molecule has 0 amide bonds. The number of benzene rings is 4. The van der Waals surface area contributed by atoms with E-state index in [0.717, 1.165) is 0 Å². The van der Waals surface area contributed by atoms with E-state index in [4.69, 9.17) is 0 Å². The first-order valence-electron chi connectivity index (χ1n) is 7.05. The summed E-state index contributed by atoms with van der Waals surface area (Å²) in [5.74, 6) is 0. The molecule has 0 N–H and O–H groups in total. The van der Waals surface area contributed by atoms with Crippen LogP contribution in [0.25, 0.3) is 51.1 Å². The van der Waals surface area contributed by atoms with Crippen molar-refractivity contribution in [2.24, 2.45) is 0 Å². The molecular weight excluding hydrogens is 344 g/mol. The van der Waals surface area contributed by atoms with Crippen LogP contribution < -0.4 is 0 Å². The maximum atomic E-state index is 2.28. The Hall–Kier alpha value is -1.46. The summed E-state index contributed by atoms with van der Waals surface area (Å²) >= 11 is 0. The van der Waals surface area contributed by atoms with Crippen LogP contribution in [0.5, 0.6) is 0 Å². The monoisotopic (exact) mass is 352 g/mol. The van der Waals surface area contributed by atoms with E-state index in [9.17, 15) is 0 Å². The fourth-order valence-corrected chi connectivity index (χ4v) is 9.23. The van der Waals surface area contributed by atoms with Gasteiger partial charge in [-0.1, -0.05) is 36.4 Å². The molecule has 0 saturated carbocycles. The first kappa shape index (κ1) is 12.0. The molecule has 102 valence electrons. The van der Waals surface area contributed by atoms with Crippen molar-refractivity contribution >= 4 is 92.5 Å². The molecule has 0 nitrogen and oxygen atoms in total. The van der Waals surface area contributed by atoms with Gasteiger partial charge in [-0.2, -0.15) is 0 Å². The van der Waals surface area contributed by atoms with Crippen LogP contribution in [-0.2, 0) is 0 Å². The van der Waals surface area contributed by atoms with Crippen molar-refractivity contribution in [1.82, 2.24) is 0 Å². The zero-order valence-corrected chi connectivity index (χ0v) is 14.5.